The van der Waals surface area contributed by atoms with Crippen LogP contribution in [0.1, 0.15) is 11.6 Å². The van der Waals surface area contributed by atoms with Gasteiger partial charge in [-0.3, -0.25) is 0 Å². The summed E-state index contributed by atoms with van der Waals surface area (Å²) < 4.78 is 97.8. The Morgan fingerprint density at radius 3 is 2.55 bits per heavy atom. The Morgan fingerprint density at radius 1 is 1.21 bits per heavy atom. The van der Waals surface area contributed by atoms with Gasteiger partial charge in [0.1, 0.15) is 16.6 Å². The smallest absolute Gasteiger partial charge is 0.387 e. The summed E-state index contributed by atoms with van der Waals surface area (Å²) in [5.41, 5.74) is -0.321. The normalized spacial score (nSPS) is 13.2. The number of H-pyrrole nitrogens is 1. The van der Waals surface area contributed by atoms with E-state index in [1.807, 2.05) is 4.72 Å². The molecule has 2 N–H and O–H groups in total. The Labute approximate surface area is 166 Å². The summed E-state index contributed by atoms with van der Waals surface area (Å²) in [6.07, 6.45) is 1.16. The van der Waals surface area contributed by atoms with E-state index in [2.05, 4.69) is 9.72 Å². The van der Waals surface area contributed by atoms with Crippen molar-refractivity contribution in [2.45, 2.75) is 17.5 Å². The summed E-state index contributed by atoms with van der Waals surface area (Å²) in [6.45, 7) is -4.95. The molecule has 1 unspecified atom stereocenters. The molecule has 0 fully saturated rings. The summed E-state index contributed by atoms with van der Waals surface area (Å²) in [5.74, 6) is -4.26. The van der Waals surface area contributed by atoms with E-state index in [1.54, 1.807) is 18.2 Å². The second kappa shape index (κ2) is 8.17. The van der Waals surface area contributed by atoms with Crippen molar-refractivity contribution in [2.75, 3.05) is 6.67 Å². The molecule has 0 bridgehead atoms. The molecule has 29 heavy (non-hydrogen) atoms. The molecule has 0 saturated carbocycles. The van der Waals surface area contributed by atoms with Gasteiger partial charge in [-0.2, -0.15) is 8.78 Å². The van der Waals surface area contributed by atoms with Gasteiger partial charge in [-0.15, -0.1) is 0 Å². The molecule has 0 aliphatic rings. The zero-order valence-electron chi connectivity index (χ0n) is 14.2. The van der Waals surface area contributed by atoms with Crippen molar-refractivity contribution in [3.05, 3.63) is 58.7 Å². The number of rotatable bonds is 7. The van der Waals surface area contributed by atoms with Gasteiger partial charge < -0.3 is 9.72 Å². The van der Waals surface area contributed by atoms with Gasteiger partial charge in [0.15, 0.2) is 17.4 Å². The number of para-hydroxylation sites is 1. The van der Waals surface area contributed by atoms with Crippen LogP contribution < -0.4 is 9.46 Å². The van der Waals surface area contributed by atoms with Crippen LogP contribution in [0, 0.1) is 11.6 Å². The molecule has 1 heterocycles. The first-order valence-corrected chi connectivity index (χ1v) is 9.78. The number of sulfonamides is 1. The Kier molecular flexibility index (Phi) is 6.01. The molecule has 0 radical (unpaired) electrons. The maximum Gasteiger partial charge on any atom is 0.387 e. The van der Waals surface area contributed by atoms with Gasteiger partial charge >= 0.3 is 6.61 Å². The monoisotopic (exact) mass is 454 g/mol. The molecule has 0 amide bonds. The second-order valence-corrected chi connectivity index (χ2v) is 7.87. The highest BCUT2D eigenvalue weighted by Gasteiger charge is 2.29. The molecule has 12 heteroatoms. The maximum atomic E-state index is 14.5. The largest absolute Gasteiger partial charge is 0.430 e. The summed E-state index contributed by atoms with van der Waals surface area (Å²) in [5, 5.41) is -0.868. The summed E-state index contributed by atoms with van der Waals surface area (Å²) in [4.78, 5) is 2.49. The number of aromatic amines is 1. The Balaban J connectivity index is 2.00. The Hall–Kier alpha value is -2.37. The van der Waals surface area contributed by atoms with Crippen molar-refractivity contribution in [3.8, 4) is 5.75 Å². The van der Waals surface area contributed by atoms with Crippen molar-refractivity contribution in [1.82, 2.24) is 9.71 Å². The molecule has 156 valence electrons. The number of benzene rings is 2. The van der Waals surface area contributed by atoms with Crippen molar-refractivity contribution < 1.29 is 35.1 Å². The van der Waals surface area contributed by atoms with Crippen molar-refractivity contribution in [1.29, 1.82) is 0 Å². The van der Waals surface area contributed by atoms with E-state index in [0.717, 1.165) is 6.20 Å². The topological polar surface area (TPSA) is 71.2 Å². The lowest BCUT2D eigenvalue weighted by Gasteiger charge is -2.18. The summed E-state index contributed by atoms with van der Waals surface area (Å²) in [6, 6.07) is 4.83. The molecule has 1 atom stereocenters. The standard InChI is InChI=1S/C17H12ClF5N2O3S/c18-14-15(21)9(5-10(20)16(14)28-17(22)23)12(6-19)25-29(26,27)13-7-24-11-4-2-1-3-8(11)13/h1-5,7,12,17,24-25H,6H2. The van der Waals surface area contributed by atoms with Gasteiger partial charge in [-0.25, -0.2) is 26.3 Å². The lowest BCUT2D eigenvalue weighted by atomic mass is 10.1. The van der Waals surface area contributed by atoms with Crippen LogP contribution in [-0.2, 0) is 10.0 Å². The second-order valence-electron chi connectivity index (χ2n) is 5.81. The third-order valence-electron chi connectivity index (χ3n) is 4.02. The van der Waals surface area contributed by atoms with Crippen molar-refractivity contribution in [3.63, 3.8) is 0 Å². The van der Waals surface area contributed by atoms with E-state index in [-0.39, 0.29) is 4.90 Å². The number of hydrogen-bond donors (Lipinski definition) is 2. The molecule has 0 spiro atoms. The molecule has 3 aromatic rings. The number of hydrogen-bond acceptors (Lipinski definition) is 3. The zero-order valence-corrected chi connectivity index (χ0v) is 15.8. The predicted molar refractivity (Wildman–Crippen MR) is 95.3 cm³/mol. The third-order valence-corrected chi connectivity index (χ3v) is 5.87. The number of halogens is 6. The van der Waals surface area contributed by atoms with Crippen LogP contribution in [0.3, 0.4) is 0 Å². The Morgan fingerprint density at radius 2 is 1.90 bits per heavy atom. The predicted octanol–water partition coefficient (Wildman–Crippen LogP) is 4.69. The number of fused-ring (bicyclic) bond motifs is 1. The van der Waals surface area contributed by atoms with E-state index in [4.69, 9.17) is 11.6 Å². The van der Waals surface area contributed by atoms with Crippen molar-refractivity contribution in [2.24, 2.45) is 0 Å². The zero-order chi connectivity index (χ0) is 21.3. The maximum absolute atomic E-state index is 14.5. The minimum absolute atomic E-state index is 0.240. The van der Waals surface area contributed by atoms with E-state index in [9.17, 15) is 30.4 Å². The van der Waals surface area contributed by atoms with Crippen LogP contribution in [0.25, 0.3) is 10.9 Å². The van der Waals surface area contributed by atoms with Gasteiger partial charge in [-0.05, 0) is 12.1 Å². The first kappa shape index (κ1) is 21.3. The average molecular weight is 455 g/mol. The van der Waals surface area contributed by atoms with E-state index in [1.165, 1.54) is 6.07 Å². The fraction of sp³-hybridized carbons (Fsp3) is 0.176. The molecule has 2 aromatic carbocycles. The van der Waals surface area contributed by atoms with Crippen LogP contribution in [0.5, 0.6) is 5.75 Å². The highest BCUT2D eigenvalue weighted by atomic mass is 35.5. The fourth-order valence-corrected chi connectivity index (χ4v) is 4.36. The molecular weight excluding hydrogens is 443 g/mol. The van der Waals surface area contributed by atoms with Gasteiger partial charge in [0, 0.05) is 22.7 Å². The molecular formula is C17H12ClF5N2O3S. The number of alkyl halides is 3. The molecule has 0 aliphatic carbocycles. The lowest BCUT2D eigenvalue weighted by Crippen LogP contribution is -2.30. The lowest BCUT2D eigenvalue weighted by molar-refractivity contribution is -0.0523. The number of aromatic nitrogens is 1. The van der Waals surface area contributed by atoms with Crippen LogP contribution in [0.2, 0.25) is 5.02 Å². The summed E-state index contributed by atoms with van der Waals surface area (Å²) in [7, 11) is -4.38. The SMILES string of the molecule is O=S(=O)(NC(CF)c1cc(F)c(OC(F)F)c(Cl)c1F)c1c[nH]c2ccccc12. The first-order valence-electron chi connectivity index (χ1n) is 7.92. The Bertz CT molecular complexity index is 1150. The molecule has 1 aromatic heterocycles. The number of ether oxygens (including phenoxy) is 1. The van der Waals surface area contributed by atoms with Crippen molar-refractivity contribution >= 4 is 32.5 Å². The van der Waals surface area contributed by atoms with E-state index in [0.29, 0.717) is 17.0 Å². The first-order chi connectivity index (χ1) is 13.7. The minimum Gasteiger partial charge on any atom is -0.430 e. The average Bonchev–Trinajstić information content (AvgIpc) is 3.11. The van der Waals surface area contributed by atoms with E-state index >= 15 is 0 Å². The van der Waals surface area contributed by atoms with Gasteiger partial charge in [0.2, 0.25) is 10.0 Å². The molecule has 5 nitrogen and oxygen atoms in total. The van der Waals surface area contributed by atoms with Gasteiger partial charge in [-0.1, -0.05) is 29.8 Å². The fourth-order valence-electron chi connectivity index (χ4n) is 2.74. The molecule has 3 rings (SSSR count). The van der Waals surface area contributed by atoms with Gasteiger partial charge in [0.05, 0.1) is 6.04 Å². The minimum atomic E-state index is -4.38. The summed E-state index contributed by atoms with van der Waals surface area (Å²) >= 11 is 5.52. The van der Waals surface area contributed by atoms with Crippen LogP contribution >= 0.6 is 11.6 Å². The van der Waals surface area contributed by atoms with E-state index < -0.39 is 57.3 Å². The van der Waals surface area contributed by atoms with Gasteiger partial charge in [0.25, 0.3) is 0 Å². The van der Waals surface area contributed by atoms with Crippen LogP contribution in [0.15, 0.2) is 41.4 Å². The highest BCUT2D eigenvalue weighted by molar-refractivity contribution is 7.89. The molecule has 0 aliphatic heterocycles. The van der Waals surface area contributed by atoms with Crippen LogP contribution in [0.4, 0.5) is 22.0 Å². The third kappa shape index (κ3) is 4.16. The highest BCUT2D eigenvalue weighted by Crippen LogP contribution is 2.36. The molecule has 0 saturated heterocycles. The quantitative estimate of drug-likeness (QED) is 0.402. The van der Waals surface area contributed by atoms with Crippen LogP contribution in [-0.4, -0.2) is 26.7 Å². The number of nitrogens with one attached hydrogen (secondary N) is 2.